The number of aryl methyl sites for hydroxylation is 1. The number of thioether (sulfide) groups is 1. The molecule has 1 unspecified atom stereocenters. The highest BCUT2D eigenvalue weighted by molar-refractivity contribution is 7.98. The van der Waals surface area contributed by atoms with Crippen LogP contribution in [0.15, 0.2) is 40.0 Å². The van der Waals surface area contributed by atoms with Crippen LogP contribution in [0.4, 0.5) is 0 Å². The summed E-state index contributed by atoms with van der Waals surface area (Å²) < 4.78 is 2.33. The molecule has 0 saturated carbocycles. The number of hydrogen-bond acceptors (Lipinski definition) is 5. The summed E-state index contributed by atoms with van der Waals surface area (Å²) in [6, 6.07) is 10.3. The zero-order chi connectivity index (χ0) is 26.9. The molecular formula is C29H40N4O3S. The number of hydrogen-bond donors (Lipinski definition) is 3. The summed E-state index contributed by atoms with van der Waals surface area (Å²) in [7, 11) is 0. The Hall–Kier alpha value is -2.55. The number of para-hydroxylation sites is 1. The zero-order valence-electron chi connectivity index (χ0n) is 22.9. The first kappa shape index (κ1) is 27.5. The van der Waals surface area contributed by atoms with Gasteiger partial charge < -0.3 is 24.9 Å². The van der Waals surface area contributed by atoms with E-state index in [0.29, 0.717) is 23.6 Å². The molecule has 1 aromatic carbocycles. The summed E-state index contributed by atoms with van der Waals surface area (Å²) in [6.45, 7) is 12.7. The van der Waals surface area contributed by atoms with Crippen molar-refractivity contribution >= 4 is 28.6 Å². The van der Waals surface area contributed by atoms with Gasteiger partial charge in [-0.2, -0.15) is 0 Å². The Morgan fingerprint density at radius 2 is 1.92 bits per heavy atom. The molecule has 1 aliphatic rings. The molecule has 2 aromatic heterocycles. The van der Waals surface area contributed by atoms with Gasteiger partial charge in [0.1, 0.15) is 0 Å². The summed E-state index contributed by atoms with van der Waals surface area (Å²) in [6.07, 6.45) is 4.05. The summed E-state index contributed by atoms with van der Waals surface area (Å²) in [4.78, 5) is 32.2. The summed E-state index contributed by atoms with van der Waals surface area (Å²) in [5.74, 6) is 0.324. The zero-order valence-corrected chi connectivity index (χ0v) is 23.7. The van der Waals surface area contributed by atoms with Gasteiger partial charge in [0, 0.05) is 51.9 Å². The summed E-state index contributed by atoms with van der Waals surface area (Å²) >= 11 is 1.51. The van der Waals surface area contributed by atoms with Crippen molar-refractivity contribution in [3.8, 4) is 0 Å². The number of benzene rings is 1. The third-order valence-electron chi connectivity index (χ3n) is 7.59. The number of aliphatic hydroxyl groups is 1. The number of aromatic amines is 1. The number of amides is 1. The van der Waals surface area contributed by atoms with Gasteiger partial charge in [-0.25, -0.2) is 0 Å². The number of piperidine rings is 1. The normalized spacial score (nSPS) is 16.3. The van der Waals surface area contributed by atoms with E-state index in [2.05, 4.69) is 32.8 Å². The molecule has 200 valence electrons. The minimum Gasteiger partial charge on any atom is -0.389 e. The van der Waals surface area contributed by atoms with Crippen LogP contribution in [0, 0.1) is 19.8 Å². The quantitative estimate of drug-likeness (QED) is 0.374. The lowest BCUT2D eigenvalue weighted by Crippen LogP contribution is -2.43. The minimum atomic E-state index is -0.687. The molecule has 37 heavy (non-hydrogen) atoms. The second-order valence-electron chi connectivity index (χ2n) is 11.0. The van der Waals surface area contributed by atoms with E-state index in [9.17, 15) is 14.7 Å². The fraction of sp³-hybridized carbons (Fsp3) is 0.517. The van der Waals surface area contributed by atoms with Crippen molar-refractivity contribution in [1.29, 1.82) is 0 Å². The Kier molecular flexibility index (Phi) is 8.21. The van der Waals surface area contributed by atoms with E-state index < -0.39 is 5.60 Å². The Bertz CT molecular complexity index is 1330. The highest BCUT2D eigenvalue weighted by Crippen LogP contribution is 2.36. The van der Waals surface area contributed by atoms with Crippen molar-refractivity contribution in [1.82, 2.24) is 19.8 Å². The Morgan fingerprint density at radius 3 is 2.57 bits per heavy atom. The molecule has 3 heterocycles. The van der Waals surface area contributed by atoms with Gasteiger partial charge in [-0.05, 0) is 84.9 Å². The Labute approximate surface area is 223 Å². The minimum absolute atomic E-state index is 0.159. The predicted molar refractivity (Wildman–Crippen MR) is 152 cm³/mol. The second kappa shape index (κ2) is 11.1. The van der Waals surface area contributed by atoms with E-state index in [0.717, 1.165) is 53.1 Å². The number of aromatic nitrogens is 2. The molecule has 3 aromatic rings. The van der Waals surface area contributed by atoms with Crippen molar-refractivity contribution in [2.24, 2.45) is 5.92 Å². The summed E-state index contributed by atoms with van der Waals surface area (Å²) in [5, 5.41) is 14.2. The van der Waals surface area contributed by atoms with Crippen LogP contribution in [0.25, 0.3) is 10.9 Å². The lowest BCUT2D eigenvalue weighted by molar-refractivity contribution is 0.0214. The van der Waals surface area contributed by atoms with Crippen LogP contribution in [0.5, 0.6) is 0 Å². The van der Waals surface area contributed by atoms with E-state index in [-0.39, 0.29) is 24.1 Å². The van der Waals surface area contributed by atoms with Crippen LogP contribution in [0.1, 0.15) is 67.0 Å². The Morgan fingerprint density at radius 1 is 1.24 bits per heavy atom. The predicted octanol–water partition coefficient (Wildman–Crippen LogP) is 4.64. The monoisotopic (exact) mass is 524 g/mol. The number of H-pyrrole nitrogens is 1. The number of rotatable bonds is 8. The van der Waals surface area contributed by atoms with Crippen molar-refractivity contribution in [2.75, 3.05) is 25.9 Å². The van der Waals surface area contributed by atoms with Crippen LogP contribution in [0.2, 0.25) is 0 Å². The first-order valence-electron chi connectivity index (χ1n) is 13.1. The highest BCUT2D eigenvalue weighted by Gasteiger charge is 2.30. The molecule has 0 aliphatic carbocycles. The number of pyridine rings is 1. The van der Waals surface area contributed by atoms with Crippen molar-refractivity contribution < 1.29 is 9.90 Å². The molecule has 1 saturated heterocycles. The average Bonchev–Trinajstić information content (AvgIpc) is 3.13. The number of nitrogens with zero attached hydrogens (tertiary/aromatic N) is 2. The molecule has 1 amide bonds. The van der Waals surface area contributed by atoms with Gasteiger partial charge in [0.2, 0.25) is 0 Å². The number of β-amino-alcohol motifs (C(OH)–C–C–N with tert-alkyl or cyclic N) is 1. The van der Waals surface area contributed by atoms with Crippen molar-refractivity contribution in [3.63, 3.8) is 0 Å². The van der Waals surface area contributed by atoms with E-state index in [1.54, 1.807) is 0 Å². The van der Waals surface area contributed by atoms with Gasteiger partial charge in [0.15, 0.2) is 0 Å². The van der Waals surface area contributed by atoms with E-state index in [1.165, 1.54) is 11.8 Å². The smallest absolute Gasteiger partial charge is 0.254 e. The van der Waals surface area contributed by atoms with Gasteiger partial charge in [0.25, 0.3) is 11.5 Å². The van der Waals surface area contributed by atoms with Crippen molar-refractivity contribution in [2.45, 2.75) is 70.5 Å². The van der Waals surface area contributed by atoms with Gasteiger partial charge >= 0.3 is 0 Å². The molecule has 4 rings (SSSR count). The standard InChI is InChI=1S/C29H40N4O3S/c1-18-15-25(37-6)23(27(34)31-18)16-30-28(35)26-20(3)33(24-10-8-7-9-22(24)26)19(2)21-11-13-32(14-12-21)17-29(4,5)36/h7-10,15,19,21,36H,11-14,16-17H2,1-6H3,(H,30,35)(H,31,34). The van der Waals surface area contributed by atoms with Crippen LogP contribution in [-0.2, 0) is 6.54 Å². The topological polar surface area (TPSA) is 90.4 Å². The van der Waals surface area contributed by atoms with Crippen molar-refractivity contribution in [3.05, 3.63) is 63.2 Å². The molecule has 0 bridgehead atoms. The van der Waals surface area contributed by atoms with Gasteiger partial charge in [-0.15, -0.1) is 11.8 Å². The molecule has 7 nitrogen and oxygen atoms in total. The van der Waals surface area contributed by atoms with Gasteiger partial charge in [-0.1, -0.05) is 18.2 Å². The number of nitrogens with one attached hydrogen (secondary N) is 2. The number of likely N-dealkylation sites (tertiary alicyclic amines) is 1. The molecule has 0 radical (unpaired) electrons. The van der Waals surface area contributed by atoms with E-state index in [1.807, 2.05) is 58.2 Å². The fourth-order valence-electron chi connectivity index (χ4n) is 5.85. The van der Waals surface area contributed by atoms with Crippen LogP contribution < -0.4 is 10.9 Å². The van der Waals surface area contributed by atoms with Crippen LogP contribution in [0.3, 0.4) is 0 Å². The van der Waals surface area contributed by atoms with Gasteiger partial charge in [0.05, 0.1) is 11.2 Å². The molecule has 1 aliphatic heterocycles. The lowest BCUT2D eigenvalue weighted by Gasteiger charge is -2.38. The van der Waals surface area contributed by atoms with Gasteiger partial charge in [-0.3, -0.25) is 9.59 Å². The molecular weight excluding hydrogens is 484 g/mol. The Balaban J connectivity index is 1.58. The maximum Gasteiger partial charge on any atom is 0.254 e. The maximum atomic E-state index is 13.5. The van der Waals surface area contributed by atoms with E-state index >= 15 is 0 Å². The van der Waals surface area contributed by atoms with E-state index in [4.69, 9.17) is 0 Å². The molecule has 0 spiro atoms. The molecule has 1 fully saturated rings. The lowest BCUT2D eigenvalue weighted by atomic mass is 9.89. The number of fused-ring (bicyclic) bond motifs is 1. The first-order valence-corrected chi connectivity index (χ1v) is 14.3. The first-order chi connectivity index (χ1) is 17.5. The fourth-order valence-corrected chi connectivity index (χ4v) is 6.55. The van der Waals surface area contributed by atoms with Crippen LogP contribution >= 0.6 is 11.8 Å². The number of carbonyl (C=O) groups is 1. The second-order valence-corrected chi connectivity index (χ2v) is 11.9. The maximum absolute atomic E-state index is 13.5. The largest absolute Gasteiger partial charge is 0.389 e. The molecule has 8 heteroatoms. The van der Waals surface area contributed by atoms with Crippen LogP contribution in [-0.4, -0.2) is 57.0 Å². The summed E-state index contributed by atoms with van der Waals surface area (Å²) in [5.41, 5.74) is 3.24. The SMILES string of the molecule is CSc1cc(C)[nH]c(=O)c1CNC(=O)c1c(C)n(C(C)C2CCN(CC(C)(C)O)CC2)c2ccccc12. The highest BCUT2D eigenvalue weighted by atomic mass is 32.2. The average molecular weight is 525 g/mol. The third kappa shape index (κ3) is 5.97. The molecule has 3 N–H and O–H groups in total. The third-order valence-corrected chi connectivity index (χ3v) is 8.39. The number of carbonyl (C=O) groups excluding carboxylic acids is 1. The molecule has 1 atom stereocenters.